The number of halogens is 3. The van der Waals surface area contributed by atoms with Gasteiger partial charge in [-0.15, -0.1) is 0 Å². The molecule has 0 amide bonds. The molecule has 6 N–H and O–H groups in total. The third-order valence-electron chi connectivity index (χ3n) is 18.8. The summed E-state index contributed by atoms with van der Waals surface area (Å²) in [7, 11) is 1.43. The molecule has 1 aromatic heterocycles. The quantitative estimate of drug-likeness (QED) is 0.0476. The third-order valence-corrected chi connectivity index (χ3v) is 25.8. The lowest BCUT2D eigenvalue weighted by Crippen LogP contribution is -2.47. The Morgan fingerprint density at radius 3 is 1.15 bits per heavy atom. The zero-order chi connectivity index (χ0) is 82.8. The molecule has 5 aromatic carbocycles. The normalized spacial score (nSPS) is 17.9. The minimum Gasteiger partial charge on any atom is -0.478 e. The Morgan fingerprint density at radius 2 is 0.789 bits per heavy atom. The van der Waals surface area contributed by atoms with E-state index in [1.807, 2.05) is 54.9 Å². The molecule has 13 rings (SSSR count). The number of aromatic nitrogens is 1. The minimum absolute atomic E-state index is 0. The monoisotopic (exact) mass is 1700 g/mol. The van der Waals surface area contributed by atoms with Crippen molar-refractivity contribution < 1.29 is 95.2 Å². The number of aromatic carboxylic acids is 1. The summed E-state index contributed by atoms with van der Waals surface area (Å²) in [5, 5.41) is 17.0. The van der Waals surface area contributed by atoms with Gasteiger partial charge in [0.2, 0.25) is 35.6 Å². The van der Waals surface area contributed by atoms with Crippen molar-refractivity contribution >= 4 is 102 Å². The predicted octanol–water partition coefficient (Wildman–Crippen LogP) is 3.67. The van der Waals surface area contributed by atoms with E-state index in [0.29, 0.717) is 148 Å². The summed E-state index contributed by atoms with van der Waals surface area (Å²) in [5.74, 6) is -5.21. The van der Waals surface area contributed by atoms with Crippen molar-refractivity contribution in [3.05, 3.63) is 147 Å². The zero-order valence-corrected chi connectivity index (χ0v) is 68.6. The van der Waals surface area contributed by atoms with Crippen LogP contribution in [0.5, 0.6) is 0 Å². The number of H-pyrrole nitrogens is 1. The molecule has 0 atom stereocenters. The molecular weight excluding hydrogens is 1590 g/mol. The second-order valence-electron chi connectivity index (χ2n) is 26.7. The van der Waals surface area contributed by atoms with Crippen LogP contribution in [0.15, 0.2) is 121 Å². The number of carbonyl (C=O) groups is 4. The van der Waals surface area contributed by atoms with Gasteiger partial charge in [0, 0.05) is 177 Å². The zero-order valence-electron chi connectivity index (χ0n) is 64.6. The number of carboxylic acids is 1. The van der Waals surface area contributed by atoms with Gasteiger partial charge in [0.15, 0.2) is 0 Å². The Bertz CT molecular complexity index is 4720. The number of pyridine rings is 1. The molecule has 0 saturated carbocycles. The number of nitrogens with two attached hydrogens (primary N) is 1. The number of anilines is 3. The number of ether oxygens (including phenoxy) is 6. The molecule has 0 aliphatic carbocycles. The second-order valence-corrected chi connectivity index (χ2v) is 35.1. The second kappa shape index (κ2) is 45.0. The molecule has 7 saturated heterocycles. The fourth-order valence-electron chi connectivity index (χ4n) is 12.1. The number of carboxylic acid groups (broad SMARTS) is 1. The van der Waals surface area contributed by atoms with Gasteiger partial charge < -0.3 is 84.3 Å². The lowest BCUT2D eigenvalue weighted by molar-refractivity contribution is 0.0586. The molecule has 114 heavy (non-hydrogen) atoms. The van der Waals surface area contributed by atoms with Crippen molar-refractivity contribution in [1.82, 2.24) is 48.1 Å². The van der Waals surface area contributed by atoms with E-state index < -0.39 is 80.2 Å². The smallest absolute Gasteiger partial charge is 0.340 e. The van der Waals surface area contributed by atoms with Gasteiger partial charge in [0.25, 0.3) is 9.05 Å². The number of aromatic amines is 1. The first-order valence-electron chi connectivity index (χ1n) is 36.2. The highest BCUT2D eigenvalue weighted by Crippen LogP contribution is 2.31. The molecule has 0 unspecified atom stereocenters. The first kappa shape index (κ1) is 94.9. The molecule has 0 radical (unpaired) electrons. The SMILES string of the molecule is C.C1COCCN1.CN1CCN(S(=O)(=O)c2ccc(N3CCOCC3)c(C(=O)O)c2)CC1.CN1CCNCC1.COC(=O)c1cc(S(=O)(=O)Cl)ccc1F.COC(=O)c1cc(S(=O)(=O)N2CCN(C)CC2)ccc1F.COC(=O)c1cc(S(=O)(=O)N2CCN(C)CC2)ccc1N1CCOCC1.Cc1cc(=O)[nH]c2ccc(N)cc12. The van der Waals surface area contributed by atoms with E-state index >= 15 is 0 Å². The van der Waals surface area contributed by atoms with Gasteiger partial charge in [0.05, 0.1) is 114 Å². The van der Waals surface area contributed by atoms with Crippen LogP contribution in [-0.4, -0.2) is 333 Å². The third kappa shape index (κ3) is 27.3. The van der Waals surface area contributed by atoms with Gasteiger partial charge in [0.1, 0.15) is 11.6 Å². The predicted molar refractivity (Wildman–Crippen MR) is 429 cm³/mol. The van der Waals surface area contributed by atoms with Crippen LogP contribution < -0.4 is 31.7 Å². The van der Waals surface area contributed by atoms with Crippen LogP contribution in [0, 0.1) is 18.6 Å². The number of nitrogens with one attached hydrogen (secondary N) is 3. The highest BCUT2D eigenvalue weighted by atomic mass is 35.7. The Hall–Kier alpha value is -7.94. The highest BCUT2D eigenvalue weighted by molar-refractivity contribution is 8.13. The van der Waals surface area contributed by atoms with Crippen molar-refractivity contribution in [2.75, 3.05) is 249 Å². The van der Waals surface area contributed by atoms with Crippen LogP contribution in [0.25, 0.3) is 10.9 Å². The minimum atomic E-state index is -3.99. The number of hydrogen-bond acceptors (Lipinski definition) is 28. The molecule has 33 nitrogen and oxygen atoms in total. The summed E-state index contributed by atoms with van der Waals surface area (Å²) in [4.78, 5) is 72.4. The van der Waals surface area contributed by atoms with Crippen molar-refractivity contribution in [3.8, 4) is 0 Å². The van der Waals surface area contributed by atoms with Crippen LogP contribution in [-0.2, 0) is 67.5 Å². The first-order chi connectivity index (χ1) is 53.6. The summed E-state index contributed by atoms with van der Waals surface area (Å²) in [6, 6.07) is 21.9. The number of hydrogen-bond donors (Lipinski definition) is 5. The molecule has 7 aliphatic rings. The number of benzene rings is 5. The van der Waals surface area contributed by atoms with Crippen molar-refractivity contribution in [2.45, 2.75) is 33.9 Å². The molecule has 0 spiro atoms. The van der Waals surface area contributed by atoms with Gasteiger partial charge in [-0.1, -0.05) is 7.43 Å². The van der Waals surface area contributed by atoms with E-state index in [-0.39, 0.29) is 49.3 Å². The number of esters is 3. The average Bonchev–Trinajstić information content (AvgIpc) is 0.792. The lowest BCUT2D eigenvalue weighted by atomic mass is 10.1. The van der Waals surface area contributed by atoms with Gasteiger partial charge in [-0.05, 0) is 132 Å². The maximum absolute atomic E-state index is 13.6. The van der Waals surface area contributed by atoms with Crippen molar-refractivity contribution in [2.24, 2.45) is 0 Å². The molecule has 6 aromatic rings. The van der Waals surface area contributed by atoms with Crippen LogP contribution in [0.4, 0.5) is 25.8 Å². The molecular formula is C74H106ClF2N13O20S4. The Balaban J connectivity index is 0.000000216. The number of nitrogen functional groups attached to an aromatic ring is 1. The summed E-state index contributed by atoms with van der Waals surface area (Å²) in [5.41, 5.74) is 8.70. The van der Waals surface area contributed by atoms with E-state index in [1.165, 1.54) is 51.3 Å². The van der Waals surface area contributed by atoms with Gasteiger partial charge in [-0.25, -0.2) is 61.6 Å². The molecule has 7 fully saturated rings. The average molecular weight is 1700 g/mol. The number of likely N-dealkylation sites (N-methyl/N-ethyl adjacent to an activating group) is 4. The number of methoxy groups -OCH3 is 3. The number of sulfonamides is 3. The van der Waals surface area contributed by atoms with Crippen LogP contribution in [0.2, 0.25) is 0 Å². The van der Waals surface area contributed by atoms with Crippen LogP contribution in [0.3, 0.4) is 0 Å². The summed E-state index contributed by atoms with van der Waals surface area (Å²) in [6.07, 6.45) is 0. The highest BCUT2D eigenvalue weighted by Gasteiger charge is 2.34. The van der Waals surface area contributed by atoms with Crippen LogP contribution in [0.1, 0.15) is 54.4 Å². The van der Waals surface area contributed by atoms with Crippen LogP contribution >= 0.6 is 10.7 Å². The molecule has 0 bridgehead atoms. The van der Waals surface area contributed by atoms with Crippen molar-refractivity contribution in [1.29, 1.82) is 0 Å². The summed E-state index contributed by atoms with van der Waals surface area (Å²) in [6.45, 7) is 21.5. The lowest BCUT2D eigenvalue weighted by Gasteiger charge is -2.32. The number of morpholine rings is 3. The maximum atomic E-state index is 13.6. The number of piperazine rings is 4. The van der Waals surface area contributed by atoms with Gasteiger partial charge in [-0.3, -0.25) is 4.79 Å². The number of nitrogens with zero attached hydrogens (tertiary/aromatic N) is 9. The van der Waals surface area contributed by atoms with Gasteiger partial charge in [-0.2, -0.15) is 12.9 Å². The Kier molecular flexibility index (Phi) is 37.4. The van der Waals surface area contributed by atoms with Gasteiger partial charge >= 0.3 is 23.9 Å². The van der Waals surface area contributed by atoms with E-state index in [2.05, 4.69) is 46.8 Å². The van der Waals surface area contributed by atoms with E-state index in [9.17, 15) is 71.5 Å². The first-order valence-corrected chi connectivity index (χ1v) is 42.8. The van der Waals surface area contributed by atoms with Crippen molar-refractivity contribution in [3.63, 3.8) is 0 Å². The summed E-state index contributed by atoms with van der Waals surface area (Å²) >= 11 is 0. The largest absolute Gasteiger partial charge is 0.478 e. The molecule has 40 heteroatoms. The number of fused-ring (bicyclic) bond motifs is 1. The maximum Gasteiger partial charge on any atom is 0.340 e. The van der Waals surface area contributed by atoms with E-state index in [0.717, 1.165) is 106 Å². The van der Waals surface area contributed by atoms with E-state index in [1.54, 1.807) is 30.3 Å². The van der Waals surface area contributed by atoms with E-state index in [4.69, 9.17) is 35.4 Å². The Morgan fingerprint density at radius 1 is 0.447 bits per heavy atom. The fraction of sp³-hybridized carbons (Fsp3) is 0.500. The Labute approximate surface area is 670 Å². The fourth-order valence-corrected chi connectivity index (χ4v) is 17.2. The molecule has 632 valence electrons. The summed E-state index contributed by atoms with van der Waals surface area (Å²) < 4.78 is 159. The topological polar surface area (TPSA) is 393 Å². The molecule has 8 heterocycles. The number of aryl methyl sites for hydroxylation is 1. The standard InChI is InChI=1S/C17H25N3O5S.C16H23N3O5S.C13H17FN2O4S.C10H10N2O.C8H6ClFO4S.C5H12N2.C4H9NO.CH4/c1-18-5-7-20(8-6-18)26(22,23)14-3-4-16(15(13-14)17(21)24-2)19-9-11-25-12-10-19;1-17-4-6-19(7-5-17)25(22,23)13-2-3-15(14(12-13)16(20)21)18-8-10-24-11-9-18;1-15-5-7-16(8-6-15)21(18,19)10-3-4-12(14)11(9-10)13(17)20-2;1-6-4-10(13)12-9-3-2-7(11)5-8(6)9;1-14-8(11)6-4-5(15(9,12)13)2-3-7(6)10;1-7-4-2-6-3-5-7;1-3-6-4-2-5-1;/h3-4,13H,5-12H2,1-2H3;2-3,12H,4-11H2,1H3,(H,20,21);3-4,9H,5-8H2,1-2H3;2-5H,11H2,1H3,(H,12,13);2-4H,1H3;6H,2-5H2,1H3;5H,1-4H2;1H4. The number of rotatable bonds is 13. The number of carbonyl (C=O) groups excluding carboxylic acids is 3. The molecule has 7 aliphatic heterocycles.